The van der Waals surface area contributed by atoms with Crippen LogP contribution >= 0.6 is 0 Å². The van der Waals surface area contributed by atoms with Crippen molar-refractivity contribution in [3.63, 3.8) is 0 Å². The Morgan fingerprint density at radius 2 is 2.15 bits per heavy atom. The molecule has 1 aliphatic rings. The van der Waals surface area contributed by atoms with Crippen LogP contribution in [0.2, 0.25) is 0 Å². The van der Waals surface area contributed by atoms with E-state index in [2.05, 4.69) is 18.3 Å². The van der Waals surface area contributed by atoms with E-state index >= 15 is 0 Å². The van der Waals surface area contributed by atoms with Crippen molar-refractivity contribution in [1.82, 2.24) is 5.32 Å². The Hall–Kier alpha value is -1.15. The predicted molar refractivity (Wildman–Crippen MR) is 51.8 cm³/mol. The van der Waals surface area contributed by atoms with E-state index in [4.69, 9.17) is 0 Å². The molecule has 1 atom stereocenters. The molecule has 0 aromatic heterocycles. The lowest BCUT2D eigenvalue weighted by Gasteiger charge is -2.10. The van der Waals surface area contributed by atoms with Gasteiger partial charge in [0.2, 0.25) is 0 Å². The molecule has 0 saturated carbocycles. The number of carbonyl (C=O) groups excluding carboxylic acids is 1. The molecular weight excluding hydrogens is 162 g/mol. The van der Waals surface area contributed by atoms with Crippen molar-refractivity contribution in [3.05, 3.63) is 35.4 Å². The fourth-order valence-corrected chi connectivity index (χ4v) is 1.84. The summed E-state index contributed by atoms with van der Waals surface area (Å²) in [7, 11) is 0. The maximum atomic E-state index is 11.5. The molecule has 0 radical (unpaired) electrons. The van der Waals surface area contributed by atoms with Crippen LogP contribution in [0.1, 0.15) is 17.0 Å². The molecule has 0 bridgehead atoms. The minimum Gasteiger partial charge on any atom is -0.309 e. The molecule has 1 fully saturated rings. The molecule has 2 rings (SSSR count). The van der Waals surface area contributed by atoms with Gasteiger partial charge in [-0.1, -0.05) is 24.3 Å². The number of nitrogens with one attached hydrogen (secondary N) is 1. The summed E-state index contributed by atoms with van der Waals surface area (Å²) in [6.07, 6.45) is 0. The standard InChI is InChI=1S/C11H13NO/c1-8-4-2-3-5-9(8)10-6-12-7-11(10)13/h2-5,10,12H,6-7H2,1H3. The van der Waals surface area contributed by atoms with E-state index in [1.807, 2.05) is 18.2 Å². The minimum absolute atomic E-state index is 0.0844. The average molecular weight is 175 g/mol. The monoisotopic (exact) mass is 175 g/mol. The second-order valence-electron chi connectivity index (χ2n) is 3.51. The maximum Gasteiger partial charge on any atom is 0.155 e. The van der Waals surface area contributed by atoms with Crippen LogP contribution in [-0.4, -0.2) is 18.9 Å². The first-order valence-electron chi connectivity index (χ1n) is 4.58. The van der Waals surface area contributed by atoms with Gasteiger partial charge in [0.15, 0.2) is 5.78 Å². The highest BCUT2D eigenvalue weighted by molar-refractivity contribution is 5.90. The second-order valence-corrected chi connectivity index (χ2v) is 3.51. The number of carbonyl (C=O) groups is 1. The summed E-state index contributed by atoms with van der Waals surface area (Å²) in [4.78, 5) is 11.5. The van der Waals surface area contributed by atoms with Crippen LogP contribution in [0.15, 0.2) is 24.3 Å². The van der Waals surface area contributed by atoms with Crippen LogP contribution in [0.25, 0.3) is 0 Å². The third kappa shape index (κ3) is 1.49. The number of ketones is 1. The van der Waals surface area contributed by atoms with Gasteiger partial charge in [0.1, 0.15) is 0 Å². The number of hydrogen-bond acceptors (Lipinski definition) is 2. The molecule has 0 aliphatic carbocycles. The molecule has 1 saturated heterocycles. The van der Waals surface area contributed by atoms with Crippen LogP contribution < -0.4 is 5.32 Å². The number of rotatable bonds is 1. The highest BCUT2D eigenvalue weighted by Crippen LogP contribution is 2.22. The van der Waals surface area contributed by atoms with E-state index in [9.17, 15) is 4.79 Å². The van der Waals surface area contributed by atoms with Crippen molar-refractivity contribution in [3.8, 4) is 0 Å². The van der Waals surface area contributed by atoms with E-state index in [1.165, 1.54) is 11.1 Å². The topological polar surface area (TPSA) is 29.1 Å². The molecular formula is C11H13NO. The van der Waals surface area contributed by atoms with Gasteiger partial charge in [-0.05, 0) is 18.1 Å². The number of benzene rings is 1. The van der Waals surface area contributed by atoms with Crippen LogP contribution in [0.4, 0.5) is 0 Å². The minimum atomic E-state index is 0.0844. The van der Waals surface area contributed by atoms with Crippen molar-refractivity contribution in [2.24, 2.45) is 0 Å². The van der Waals surface area contributed by atoms with Crippen molar-refractivity contribution < 1.29 is 4.79 Å². The van der Waals surface area contributed by atoms with Gasteiger partial charge in [0, 0.05) is 6.54 Å². The largest absolute Gasteiger partial charge is 0.309 e. The lowest BCUT2D eigenvalue weighted by Crippen LogP contribution is -2.10. The number of Topliss-reactive ketones (excluding diaryl/α,β-unsaturated/α-hetero) is 1. The van der Waals surface area contributed by atoms with Crippen molar-refractivity contribution in [2.45, 2.75) is 12.8 Å². The predicted octanol–water partition coefficient (Wildman–Crippen LogP) is 1.25. The highest BCUT2D eigenvalue weighted by atomic mass is 16.1. The lowest BCUT2D eigenvalue weighted by atomic mass is 9.93. The molecule has 2 heteroatoms. The number of aryl methyl sites for hydroxylation is 1. The first-order chi connectivity index (χ1) is 6.29. The van der Waals surface area contributed by atoms with Gasteiger partial charge >= 0.3 is 0 Å². The van der Waals surface area contributed by atoms with E-state index in [-0.39, 0.29) is 5.92 Å². The van der Waals surface area contributed by atoms with E-state index in [1.54, 1.807) is 0 Å². The van der Waals surface area contributed by atoms with Crippen molar-refractivity contribution in [2.75, 3.05) is 13.1 Å². The Kier molecular flexibility index (Phi) is 2.15. The average Bonchev–Trinajstić information content (AvgIpc) is 2.52. The Morgan fingerprint density at radius 1 is 1.38 bits per heavy atom. The SMILES string of the molecule is Cc1ccccc1C1CNCC1=O. The fraction of sp³-hybridized carbons (Fsp3) is 0.364. The summed E-state index contributed by atoms with van der Waals surface area (Å²) in [6.45, 7) is 3.38. The zero-order valence-corrected chi connectivity index (χ0v) is 7.71. The number of hydrogen-bond donors (Lipinski definition) is 1. The van der Waals surface area contributed by atoms with Crippen LogP contribution in [0.5, 0.6) is 0 Å². The molecule has 1 heterocycles. The van der Waals surface area contributed by atoms with E-state index in [0.717, 1.165) is 6.54 Å². The van der Waals surface area contributed by atoms with E-state index < -0.39 is 0 Å². The van der Waals surface area contributed by atoms with Gasteiger partial charge in [-0.25, -0.2) is 0 Å². The highest BCUT2D eigenvalue weighted by Gasteiger charge is 2.26. The Labute approximate surface area is 78.0 Å². The van der Waals surface area contributed by atoms with Gasteiger partial charge in [0.05, 0.1) is 12.5 Å². The van der Waals surface area contributed by atoms with Crippen LogP contribution in [0, 0.1) is 6.92 Å². The summed E-state index contributed by atoms with van der Waals surface area (Å²) >= 11 is 0. The zero-order chi connectivity index (χ0) is 9.26. The third-order valence-electron chi connectivity index (χ3n) is 2.60. The van der Waals surface area contributed by atoms with Crippen molar-refractivity contribution in [1.29, 1.82) is 0 Å². The molecule has 1 unspecified atom stereocenters. The molecule has 68 valence electrons. The second kappa shape index (κ2) is 3.30. The summed E-state index contributed by atoms with van der Waals surface area (Å²) in [5.41, 5.74) is 2.39. The Morgan fingerprint density at radius 3 is 2.77 bits per heavy atom. The maximum absolute atomic E-state index is 11.5. The smallest absolute Gasteiger partial charge is 0.155 e. The molecule has 1 aliphatic heterocycles. The molecule has 1 aromatic carbocycles. The zero-order valence-electron chi connectivity index (χ0n) is 7.71. The molecule has 0 amide bonds. The fourth-order valence-electron chi connectivity index (χ4n) is 1.84. The summed E-state index contributed by atoms with van der Waals surface area (Å²) in [5.74, 6) is 0.399. The summed E-state index contributed by atoms with van der Waals surface area (Å²) < 4.78 is 0. The van der Waals surface area contributed by atoms with Crippen molar-refractivity contribution >= 4 is 5.78 Å². The van der Waals surface area contributed by atoms with Crippen LogP contribution in [0.3, 0.4) is 0 Å². The van der Waals surface area contributed by atoms with Crippen LogP contribution in [-0.2, 0) is 4.79 Å². The molecule has 0 spiro atoms. The van der Waals surface area contributed by atoms with Gasteiger partial charge < -0.3 is 5.32 Å². The van der Waals surface area contributed by atoms with Gasteiger partial charge in [-0.3, -0.25) is 4.79 Å². The molecule has 2 nitrogen and oxygen atoms in total. The molecule has 13 heavy (non-hydrogen) atoms. The first kappa shape index (κ1) is 8.45. The summed E-state index contributed by atoms with van der Waals surface area (Å²) in [6, 6.07) is 8.10. The van der Waals surface area contributed by atoms with Gasteiger partial charge in [-0.2, -0.15) is 0 Å². The lowest BCUT2D eigenvalue weighted by molar-refractivity contribution is -0.117. The molecule has 1 aromatic rings. The Bertz CT molecular complexity index is 333. The van der Waals surface area contributed by atoms with Gasteiger partial charge in [0.25, 0.3) is 0 Å². The summed E-state index contributed by atoms with van der Waals surface area (Å²) in [5, 5.41) is 3.10. The quantitative estimate of drug-likeness (QED) is 0.696. The van der Waals surface area contributed by atoms with E-state index in [0.29, 0.717) is 12.3 Å². The third-order valence-corrected chi connectivity index (χ3v) is 2.60. The van der Waals surface area contributed by atoms with Gasteiger partial charge in [-0.15, -0.1) is 0 Å². The Balaban J connectivity index is 2.34. The molecule has 1 N–H and O–H groups in total. The first-order valence-corrected chi connectivity index (χ1v) is 4.58. The normalized spacial score (nSPS) is 22.2.